The lowest BCUT2D eigenvalue weighted by Crippen LogP contribution is -2.41. The van der Waals surface area contributed by atoms with E-state index in [9.17, 15) is 4.79 Å². The van der Waals surface area contributed by atoms with Crippen molar-refractivity contribution in [2.45, 2.75) is 12.8 Å². The van der Waals surface area contributed by atoms with Gasteiger partial charge < -0.3 is 19.1 Å². The van der Waals surface area contributed by atoms with Crippen LogP contribution in [-0.2, 0) is 4.74 Å². The molecule has 1 saturated heterocycles. The van der Waals surface area contributed by atoms with Gasteiger partial charge >= 0.3 is 0 Å². The summed E-state index contributed by atoms with van der Waals surface area (Å²) < 4.78 is 15.7. The van der Waals surface area contributed by atoms with E-state index in [1.54, 1.807) is 39.5 Å². The first-order valence-corrected chi connectivity index (χ1v) is 7.19. The van der Waals surface area contributed by atoms with E-state index in [2.05, 4.69) is 0 Å². The summed E-state index contributed by atoms with van der Waals surface area (Å²) in [4.78, 5) is 14.6. The molecule has 1 unspecified atom stereocenters. The molecule has 0 aliphatic carbocycles. The Kier molecular flexibility index (Phi) is 5.44. The van der Waals surface area contributed by atoms with Gasteiger partial charge in [-0.3, -0.25) is 4.79 Å². The third-order valence-electron chi connectivity index (χ3n) is 3.81. The van der Waals surface area contributed by atoms with E-state index in [4.69, 9.17) is 14.2 Å². The smallest absolute Gasteiger partial charge is 0.254 e. The van der Waals surface area contributed by atoms with Crippen molar-refractivity contribution in [3.8, 4) is 11.5 Å². The SMILES string of the molecule is COCC1CCCN(C(=O)c2cc(OC)cc(OC)c2)C1. The first-order chi connectivity index (χ1) is 10.2. The summed E-state index contributed by atoms with van der Waals surface area (Å²) in [6.45, 7) is 2.23. The Morgan fingerprint density at radius 1 is 1.19 bits per heavy atom. The third kappa shape index (κ3) is 3.88. The van der Waals surface area contributed by atoms with E-state index < -0.39 is 0 Å². The standard InChI is InChI=1S/C16H23NO4/c1-19-11-12-5-4-6-17(10-12)16(18)13-7-14(20-2)9-15(8-13)21-3/h7-9,12H,4-6,10-11H2,1-3H3. The quantitative estimate of drug-likeness (QED) is 0.835. The molecule has 0 radical (unpaired) electrons. The lowest BCUT2D eigenvalue weighted by atomic mass is 9.98. The van der Waals surface area contributed by atoms with Crippen LogP contribution in [0.4, 0.5) is 0 Å². The summed E-state index contributed by atoms with van der Waals surface area (Å²) in [5, 5.41) is 0. The normalized spacial score (nSPS) is 18.4. The predicted molar refractivity (Wildman–Crippen MR) is 80.0 cm³/mol. The van der Waals surface area contributed by atoms with Crippen LogP contribution in [0.2, 0.25) is 0 Å². The van der Waals surface area contributed by atoms with Crippen LogP contribution in [0, 0.1) is 5.92 Å². The van der Waals surface area contributed by atoms with Crippen LogP contribution >= 0.6 is 0 Å². The molecule has 1 atom stereocenters. The molecule has 5 nitrogen and oxygen atoms in total. The van der Waals surface area contributed by atoms with Crippen molar-refractivity contribution in [1.29, 1.82) is 0 Å². The van der Waals surface area contributed by atoms with E-state index >= 15 is 0 Å². The number of ether oxygens (including phenoxy) is 3. The first-order valence-electron chi connectivity index (χ1n) is 7.19. The Morgan fingerprint density at radius 3 is 2.43 bits per heavy atom. The van der Waals surface area contributed by atoms with E-state index in [-0.39, 0.29) is 5.91 Å². The van der Waals surface area contributed by atoms with Gasteiger partial charge in [-0.2, -0.15) is 0 Å². The lowest BCUT2D eigenvalue weighted by Gasteiger charge is -2.32. The fourth-order valence-corrected chi connectivity index (χ4v) is 2.73. The maximum absolute atomic E-state index is 12.7. The molecular formula is C16H23NO4. The number of piperidine rings is 1. The monoisotopic (exact) mass is 293 g/mol. The van der Waals surface area contributed by atoms with E-state index in [0.717, 1.165) is 25.9 Å². The Labute approximate surface area is 125 Å². The number of benzene rings is 1. The Morgan fingerprint density at radius 2 is 1.86 bits per heavy atom. The molecule has 1 heterocycles. The molecule has 1 aromatic rings. The van der Waals surface area contributed by atoms with E-state index in [1.807, 2.05) is 4.90 Å². The number of hydrogen-bond acceptors (Lipinski definition) is 4. The molecule has 21 heavy (non-hydrogen) atoms. The number of methoxy groups -OCH3 is 3. The van der Waals surface area contributed by atoms with Crippen LogP contribution < -0.4 is 9.47 Å². The molecule has 116 valence electrons. The molecule has 1 aliphatic heterocycles. The number of amides is 1. The highest BCUT2D eigenvalue weighted by Crippen LogP contribution is 2.25. The van der Waals surface area contributed by atoms with Crippen molar-refractivity contribution < 1.29 is 19.0 Å². The topological polar surface area (TPSA) is 48.0 Å². The maximum Gasteiger partial charge on any atom is 0.254 e. The summed E-state index contributed by atoms with van der Waals surface area (Å²) in [5.41, 5.74) is 0.601. The van der Waals surface area contributed by atoms with Crippen LogP contribution in [0.15, 0.2) is 18.2 Å². The average molecular weight is 293 g/mol. The minimum Gasteiger partial charge on any atom is -0.497 e. The molecule has 1 aliphatic rings. The minimum atomic E-state index is 0.0213. The van der Waals surface area contributed by atoms with Gasteiger partial charge in [-0.05, 0) is 30.9 Å². The minimum absolute atomic E-state index is 0.0213. The maximum atomic E-state index is 12.7. The summed E-state index contributed by atoms with van der Waals surface area (Å²) in [6, 6.07) is 5.27. The number of carbonyl (C=O) groups is 1. The van der Waals surface area contributed by atoms with Crippen LogP contribution in [-0.4, -0.2) is 51.8 Å². The summed E-state index contributed by atoms with van der Waals surface area (Å²) >= 11 is 0. The van der Waals surface area contributed by atoms with Crippen molar-refractivity contribution in [3.63, 3.8) is 0 Å². The Balaban J connectivity index is 2.15. The predicted octanol–water partition coefficient (Wildman–Crippen LogP) is 2.20. The zero-order valence-electron chi connectivity index (χ0n) is 12.9. The van der Waals surface area contributed by atoms with Gasteiger partial charge in [0.2, 0.25) is 0 Å². The number of nitrogens with zero attached hydrogens (tertiary/aromatic N) is 1. The van der Waals surface area contributed by atoms with Gasteiger partial charge in [-0.1, -0.05) is 0 Å². The van der Waals surface area contributed by atoms with Crippen molar-refractivity contribution in [2.24, 2.45) is 5.92 Å². The molecule has 0 bridgehead atoms. The molecule has 5 heteroatoms. The fraction of sp³-hybridized carbons (Fsp3) is 0.562. The van der Waals surface area contributed by atoms with Crippen LogP contribution in [0.1, 0.15) is 23.2 Å². The molecular weight excluding hydrogens is 270 g/mol. The molecule has 1 fully saturated rings. The van der Waals surface area contributed by atoms with Crippen LogP contribution in [0.5, 0.6) is 11.5 Å². The molecule has 0 spiro atoms. The first kappa shape index (κ1) is 15.6. The zero-order chi connectivity index (χ0) is 15.2. The summed E-state index contributed by atoms with van der Waals surface area (Å²) in [7, 11) is 4.87. The van der Waals surface area contributed by atoms with E-state index in [1.165, 1.54) is 0 Å². The molecule has 2 rings (SSSR count). The van der Waals surface area contributed by atoms with Gasteiger partial charge in [-0.25, -0.2) is 0 Å². The second-order valence-corrected chi connectivity index (χ2v) is 5.32. The van der Waals surface area contributed by atoms with Gasteiger partial charge in [-0.15, -0.1) is 0 Å². The van der Waals surface area contributed by atoms with Gasteiger partial charge in [0.05, 0.1) is 20.8 Å². The number of carbonyl (C=O) groups excluding carboxylic acids is 1. The number of likely N-dealkylation sites (tertiary alicyclic amines) is 1. The van der Waals surface area contributed by atoms with Crippen molar-refractivity contribution in [2.75, 3.05) is 41.0 Å². The number of hydrogen-bond donors (Lipinski definition) is 0. The highest BCUT2D eigenvalue weighted by Gasteiger charge is 2.25. The Hall–Kier alpha value is -1.75. The second kappa shape index (κ2) is 7.31. The summed E-state index contributed by atoms with van der Waals surface area (Å²) in [5.74, 6) is 1.69. The van der Waals surface area contributed by atoms with Crippen LogP contribution in [0.25, 0.3) is 0 Å². The van der Waals surface area contributed by atoms with Gasteiger partial charge in [0, 0.05) is 31.8 Å². The summed E-state index contributed by atoms with van der Waals surface area (Å²) in [6.07, 6.45) is 2.12. The second-order valence-electron chi connectivity index (χ2n) is 5.32. The third-order valence-corrected chi connectivity index (χ3v) is 3.81. The number of rotatable bonds is 5. The van der Waals surface area contributed by atoms with Gasteiger partial charge in [0.15, 0.2) is 0 Å². The van der Waals surface area contributed by atoms with E-state index in [0.29, 0.717) is 29.6 Å². The molecule has 1 aromatic carbocycles. The molecule has 0 aromatic heterocycles. The Bertz CT molecular complexity index is 465. The fourth-order valence-electron chi connectivity index (χ4n) is 2.73. The van der Waals surface area contributed by atoms with Gasteiger partial charge in [0.1, 0.15) is 11.5 Å². The highest BCUT2D eigenvalue weighted by atomic mass is 16.5. The van der Waals surface area contributed by atoms with Crippen LogP contribution in [0.3, 0.4) is 0 Å². The molecule has 0 saturated carbocycles. The van der Waals surface area contributed by atoms with Crippen molar-refractivity contribution in [1.82, 2.24) is 4.90 Å². The van der Waals surface area contributed by atoms with Gasteiger partial charge in [0.25, 0.3) is 5.91 Å². The lowest BCUT2D eigenvalue weighted by molar-refractivity contribution is 0.0570. The zero-order valence-corrected chi connectivity index (χ0v) is 12.9. The van der Waals surface area contributed by atoms with Crippen molar-refractivity contribution in [3.05, 3.63) is 23.8 Å². The molecule has 0 N–H and O–H groups in total. The van der Waals surface area contributed by atoms with Crippen molar-refractivity contribution >= 4 is 5.91 Å². The molecule has 1 amide bonds. The highest BCUT2D eigenvalue weighted by molar-refractivity contribution is 5.95. The average Bonchev–Trinajstić information content (AvgIpc) is 2.54. The largest absolute Gasteiger partial charge is 0.497 e.